The van der Waals surface area contributed by atoms with Gasteiger partial charge in [0, 0.05) is 58.9 Å². The lowest BCUT2D eigenvalue weighted by Crippen LogP contribution is -2.47. The summed E-state index contributed by atoms with van der Waals surface area (Å²) in [5.41, 5.74) is 5.82. The number of hydrogen-bond donors (Lipinski definition) is 0. The first-order chi connectivity index (χ1) is 19.5. The summed E-state index contributed by atoms with van der Waals surface area (Å²) in [5.74, 6) is -0.523. The highest BCUT2D eigenvalue weighted by atomic mass is 16.6. The summed E-state index contributed by atoms with van der Waals surface area (Å²) in [5, 5.41) is 0. The van der Waals surface area contributed by atoms with E-state index in [1.54, 1.807) is 4.90 Å². The summed E-state index contributed by atoms with van der Waals surface area (Å²) in [7, 11) is 2.03. The van der Waals surface area contributed by atoms with Crippen LogP contribution in [0.5, 0.6) is 0 Å². The van der Waals surface area contributed by atoms with Crippen LogP contribution in [0.15, 0.2) is 82.0 Å². The van der Waals surface area contributed by atoms with Crippen LogP contribution in [0.25, 0.3) is 22.2 Å². The maximum Gasteiger partial charge on any atom is 0.422 e. The van der Waals surface area contributed by atoms with Gasteiger partial charge in [-0.3, -0.25) is 4.90 Å². The molecule has 0 unspecified atom stereocenters. The molecule has 0 saturated carbocycles. The van der Waals surface area contributed by atoms with Gasteiger partial charge in [0.15, 0.2) is 12.3 Å². The Hall–Kier alpha value is -4.08. The quantitative estimate of drug-likeness (QED) is 0.366. The SMILES string of the molecule is CN1CCN(C(=O)OCn2c(=O)oc3c(N4CCN(Cc5cccc(-c6ccccc6)c5)CC4)cccc32)CC1. The van der Waals surface area contributed by atoms with Crippen molar-refractivity contribution in [1.82, 2.24) is 19.3 Å². The highest BCUT2D eigenvalue weighted by Crippen LogP contribution is 2.28. The molecule has 1 aromatic heterocycles. The molecule has 0 spiro atoms. The Bertz CT molecular complexity index is 1520. The summed E-state index contributed by atoms with van der Waals surface area (Å²) >= 11 is 0. The first-order valence-corrected chi connectivity index (χ1v) is 13.9. The molecule has 0 bridgehead atoms. The summed E-state index contributed by atoms with van der Waals surface area (Å²) in [4.78, 5) is 33.9. The summed E-state index contributed by atoms with van der Waals surface area (Å²) < 4.78 is 12.6. The number of rotatable bonds is 6. The third-order valence-electron chi connectivity index (χ3n) is 7.91. The average molecular weight is 542 g/mol. The van der Waals surface area contributed by atoms with Gasteiger partial charge in [0.1, 0.15) is 0 Å². The van der Waals surface area contributed by atoms with Crippen LogP contribution in [0.4, 0.5) is 10.5 Å². The molecular weight excluding hydrogens is 506 g/mol. The molecule has 40 heavy (non-hydrogen) atoms. The number of nitrogens with zero attached hydrogens (tertiary/aromatic N) is 5. The number of para-hydroxylation sites is 1. The lowest BCUT2D eigenvalue weighted by atomic mass is 10.0. The van der Waals surface area contributed by atoms with E-state index in [9.17, 15) is 9.59 Å². The van der Waals surface area contributed by atoms with Crippen molar-refractivity contribution < 1.29 is 13.9 Å². The number of likely N-dealkylation sites (N-methyl/N-ethyl adjacent to an activating group) is 1. The van der Waals surface area contributed by atoms with Crippen LogP contribution in [-0.4, -0.2) is 84.8 Å². The lowest BCUT2D eigenvalue weighted by molar-refractivity contribution is 0.0595. The summed E-state index contributed by atoms with van der Waals surface area (Å²) in [6, 6.07) is 25.0. The second-order valence-electron chi connectivity index (χ2n) is 10.6. The fraction of sp³-hybridized carbons (Fsp3) is 0.355. The normalized spacial score (nSPS) is 16.9. The molecule has 1 amide bonds. The first kappa shape index (κ1) is 26.2. The molecule has 208 valence electrons. The van der Waals surface area contributed by atoms with E-state index in [0.717, 1.165) is 51.5 Å². The molecule has 9 heteroatoms. The van der Waals surface area contributed by atoms with Crippen LogP contribution in [-0.2, 0) is 18.0 Å². The van der Waals surface area contributed by atoms with Gasteiger partial charge >= 0.3 is 11.8 Å². The van der Waals surface area contributed by atoms with Crippen LogP contribution < -0.4 is 10.7 Å². The van der Waals surface area contributed by atoms with Crippen LogP contribution in [0.2, 0.25) is 0 Å². The topological polar surface area (TPSA) is 74.4 Å². The molecule has 9 nitrogen and oxygen atoms in total. The monoisotopic (exact) mass is 541 g/mol. The predicted molar refractivity (Wildman–Crippen MR) is 155 cm³/mol. The summed E-state index contributed by atoms with van der Waals surface area (Å²) in [6.45, 7) is 7.02. The molecule has 3 heterocycles. The van der Waals surface area contributed by atoms with Gasteiger partial charge in [0.05, 0.1) is 11.2 Å². The number of piperazine rings is 2. The zero-order valence-corrected chi connectivity index (χ0v) is 22.9. The molecule has 0 radical (unpaired) electrons. The van der Waals surface area contributed by atoms with Crippen molar-refractivity contribution in [1.29, 1.82) is 0 Å². The summed E-state index contributed by atoms with van der Waals surface area (Å²) in [6.07, 6.45) is -0.407. The number of carbonyl (C=O) groups is 1. The van der Waals surface area contributed by atoms with Crippen molar-refractivity contribution in [2.24, 2.45) is 0 Å². The van der Waals surface area contributed by atoms with Gasteiger partial charge in [-0.05, 0) is 41.9 Å². The van der Waals surface area contributed by atoms with Crippen molar-refractivity contribution in [3.63, 3.8) is 0 Å². The molecule has 2 saturated heterocycles. The maximum absolute atomic E-state index is 12.7. The molecule has 2 fully saturated rings. The van der Waals surface area contributed by atoms with Gasteiger partial charge in [0.25, 0.3) is 0 Å². The number of aromatic nitrogens is 1. The van der Waals surface area contributed by atoms with Crippen LogP contribution >= 0.6 is 0 Å². The molecule has 6 rings (SSSR count). The van der Waals surface area contributed by atoms with Gasteiger partial charge in [0.2, 0.25) is 0 Å². The number of anilines is 1. The van der Waals surface area contributed by atoms with Crippen molar-refractivity contribution in [3.8, 4) is 11.1 Å². The predicted octanol–water partition coefficient (Wildman–Crippen LogP) is 3.93. The number of benzene rings is 3. The Balaban J connectivity index is 1.09. The zero-order chi connectivity index (χ0) is 27.5. The van der Waals surface area contributed by atoms with Gasteiger partial charge in [-0.1, -0.05) is 54.6 Å². The van der Waals surface area contributed by atoms with E-state index in [1.807, 2.05) is 31.3 Å². The molecular formula is C31H35N5O4. The highest BCUT2D eigenvalue weighted by Gasteiger charge is 2.24. The number of amides is 1. The van der Waals surface area contributed by atoms with Crippen LogP contribution in [0.3, 0.4) is 0 Å². The van der Waals surface area contributed by atoms with E-state index >= 15 is 0 Å². The van der Waals surface area contributed by atoms with E-state index in [2.05, 4.69) is 63.2 Å². The van der Waals surface area contributed by atoms with Crippen molar-refractivity contribution in [2.45, 2.75) is 13.3 Å². The van der Waals surface area contributed by atoms with Gasteiger partial charge in [-0.2, -0.15) is 0 Å². The largest absolute Gasteiger partial charge is 0.427 e. The van der Waals surface area contributed by atoms with Crippen molar-refractivity contribution >= 4 is 22.9 Å². The third kappa shape index (κ3) is 5.61. The van der Waals surface area contributed by atoms with E-state index in [4.69, 9.17) is 9.15 Å². The minimum atomic E-state index is -0.523. The molecule has 3 aromatic carbocycles. The lowest BCUT2D eigenvalue weighted by Gasteiger charge is -2.36. The zero-order valence-electron chi connectivity index (χ0n) is 22.9. The number of carbonyl (C=O) groups excluding carboxylic acids is 1. The first-order valence-electron chi connectivity index (χ1n) is 13.9. The second-order valence-corrected chi connectivity index (χ2v) is 10.6. The number of fused-ring (bicyclic) bond motifs is 1. The Kier molecular flexibility index (Phi) is 7.57. The Morgan fingerprint density at radius 3 is 2.33 bits per heavy atom. The van der Waals surface area contributed by atoms with E-state index in [-0.39, 0.29) is 6.73 Å². The minimum Gasteiger partial charge on any atom is -0.427 e. The molecule has 0 atom stereocenters. The Morgan fingerprint density at radius 1 is 0.825 bits per heavy atom. The van der Waals surface area contributed by atoms with Crippen molar-refractivity contribution in [2.75, 3.05) is 64.3 Å². The van der Waals surface area contributed by atoms with E-state index < -0.39 is 11.8 Å². The number of oxazole rings is 1. The fourth-order valence-corrected chi connectivity index (χ4v) is 5.53. The van der Waals surface area contributed by atoms with Gasteiger partial charge < -0.3 is 23.9 Å². The second kappa shape index (κ2) is 11.6. The van der Waals surface area contributed by atoms with Crippen LogP contribution in [0.1, 0.15) is 5.56 Å². The van der Waals surface area contributed by atoms with Crippen LogP contribution in [0, 0.1) is 0 Å². The van der Waals surface area contributed by atoms with E-state index in [1.165, 1.54) is 21.3 Å². The molecule has 0 aliphatic carbocycles. The van der Waals surface area contributed by atoms with E-state index in [0.29, 0.717) is 24.2 Å². The highest BCUT2D eigenvalue weighted by molar-refractivity contribution is 5.87. The molecule has 4 aromatic rings. The standard InChI is InChI=1S/C31H35N5O4/c1-32-13-17-35(18-14-32)30(37)39-23-36-28-12-6-11-27(29(28)40-31(36)38)34-19-15-33(16-20-34)22-24-7-5-10-26(21-24)25-8-3-2-4-9-25/h2-12,21H,13-20,22-23H2,1H3. The average Bonchev–Trinajstić information content (AvgIpc) is 3.32. The fourth-order valence-electron chi connectivity index (χ4n) is 5.53. The van der Waals surface area contributed by atoms with Crippen molar-refractivity contribution in [3.05, 3.63) is 88.9 Å². The molecule has 0 N–H and O–H groups in total. The maximum atomic E-state index is 12.7. The Morgan fingerprint density at radius 2 is 1.55 bits per heavy atom. The molecule has 2 aliphatic heterocycles. The minimum absolute atomic E-state index is 0.170. The van der Waals surface area contributed by atoms with Gasteiger partial charge in [-0.15, -0.1) is 0 Å². The third-order valence-corrected chi connectivity index (χ3v) is 7.91. The van der Waals surface area contributed by atoms with Gasteiger partial charge in [-0.25, -0.2) is 14.2 Å². The number of ether oxygens (including phenoxy) is 1. The molecule has 2 aliphatic rings. The smallest absolute Gasteiger partial charge is 0.422 e. The Labute approximate surface area is 233 Å². The number of hydrogen-bond acceptors (Lipinski definition) is 7.